The second-order valence-corrected chi connectivity index (χ2v) is 6.86. The van der Waals surface area contributed by atoms with E-state index in [4.69, 9.17) is 5.73 Å². The van der Waals surface area contributed by atoms with Crippen LogP contribution in [0.4, 0.5) is 0 Å². The van der Waals surface area contributed by atoms with Gasteiger partial charge in [-0.25, -0.2) is 9.67 Å². The standard InChI is InChI=1S/C16H20N4S/c1-11(2)9-20-16(18-10-19-20)8-13(17)15-7-12-5-3-4-6-14(12)21-15/h3-7,10-11,13H,8-9,17H2,1-2H3. The summed E-state index contributed by atoms with van der Waals surface area (Å²) in [6, 6.07) is 10.5. The molecule has 5 heteroatoms. The summed E-state index contributed by atoms with van der Waals surface area (Å²) >= 11 is 1.76. The first-order valence-electron chi connectivity index (χ1n) is 7.24. The van der Waals surface area contributed by atoms with Gasteiger partial charge in [0.05, 0.1) is 0 Å². The Kier molecular flexibility index (Phi) is 4.03. The summed E-state index contributed by atoms with van der Waals surface area (Å²) in [5.74, 6) is 1.51. The summed E-state index contributed by atoms with van der Waals surface area (Å²) in [4.78, 5) is 5.57. The number of fused-ring (bicyclic) bond motifs is 1. The van der Waals surface area contributed by atoms with Gasteiger partial charge in [-0.3, -0.25) is 0 Å². The zero-order valence-electron chi connectivity index (χ0n) is 12.4. The summed E-state index contributed by atoms with van der Waals surface area (Å²) in [5, 5.41) is 5.56. The fourth-order valence-corrected chi connectivity index (χ4v) is 3.49. The van der Waals surface area contributed by atoms with Crippen molar-refractivity contribution in [2.45, 2.75) is 32.9 Å². The summed E-state index contributed by atoms with van der Waals surface area (Å²) in [6.45, 7) is 5.24. The number of nitrogens with two attached hydrogens (primary N) is 1. The second kappa shape index (κ2) is 5.95. The molecule has 1 atom stereocenters. The molecule has 0 saturated carbocycles. The van der Waals surface area contributed by atoms with Crippen LogP contribution in [0.25, 0.3) is 10.1 Å². The minimum atomic E-state index is -0.0301. The van der Waals surface area contributed by atoms with Gasteiger partial charge in [0.15, 0.2) is 0 Å². The molecule has 4 nitrogen and oxygen atoms in total. The summed E-state index contributed by atoms with van der Waals surface area (Å²) in [5.41, 5.74) is 6.38. The first kappa shape index (κ1) is 14.2. The molecule has 0 aliphatic heterocycles. The Balaban J connectivity index is 1.79. The average molecular weight is 300 g/mol. The molecule has 1 unspecified atom stereocenters. The highest BCUT2D eigenvalue weighted by Crippen LogP contribution is 2.30. The van der Waals surface area contributed by atoms with Crippen molar-refractivity contribution in [3.63, 3.8) is 0 Å². The largest absolute Gasteiger partial charge is 0.323 e. The van der Waals surface area contributed by atoms with E-state index in [0.717, 1.165) is 18.8 Å². The maximum Gasteiger partial charge on any atom is 0.138 e. The molecule has 0 radical (unpaired) electrons. The van der Waals surface area contributed by atoms with Crippen LogP contribution in [0.3, 0.4) is 0 Å². The molecular weight excluding hydrogens is 280 g/mol. The third-order valence-corrected chi connectivity index (χ3v) is 4.69. The first-order valence-corrected chi connectivity index (χ1v) is 8.06. The average Bonchev–Trinajstić information content (AvgIpc) is 3.05. The van der Waals surface area contributed by atoms with Crippen LogP contribution in [0.15, 0.2) is 36.7 Å². The molecule has 0 spiro atoms. The van der Waals surface area contributed by atoms with Crippen LogP contribution in [0.1, 0.15) is 30.6 Å². The fraction of sp³-hybridized carbons (Fsp3) is 0.375. The number of thiophene rings is 1. The van der Waals surface area contributed by atoms with Gasteiger partial charge in [-0.1, -0.05) is 32.0 Å². The van der Waals surface area contributed by atoms with E-state index in [1.807, 2.05) is 4.68 Å². The van der Waals surface area contributed by atoms with Crippen molar-refractivity contribution in [2.75, 3.05) is 0 Å². The SMILES string of the molecule is CC(C)Cn1ncnc1CC(N)c1cc2ccccc2s1. The maximum absolute atomic E-state index is 6.38. The van der Waals surface area contributed by atoms with E-state index >= 15 is 0 Å². The third kappa shape index (κ3) is 3.14. The van der Waals surface area contributed by atoms with Gasteiger partial charge in [-0.05, 0) is 23.4 Å². The number of benzene rings is 1. The van der Waals surface area contributed by atoms with E-state index in [2.05, 4.69) is 54.3 Å². The second-order valence-electron chi connectivity index (χ2n) is 5.75. The molecule has 0 aliphatic carbocycles. The maximum atomic E-state index is 6.38. The van der Waals surface area contributed by atoms with Gasteiger partial charge in [0.25, 0.3) is 0 Å². The highest BCUT2D eigenvalue weighted by atomic mass is 32.1. The zero-order chi connectivity index (χ0) is 14.8. The lowest BCUT2D eigenvalue weighted by Gasteiger charge is -2.12. The number of hydrogen-bond donors (Lipinski definition) is 1. The Morgan fingerprint density at radius 2 is 2.10 bits per heavy atom. The molecule has 2 aromatic heterocycles. The Morgan fingerprint density at radius 1 is 1.29 bits per heavy atom. The molecule has 21 heavy (non-hydrogen) atoms. The van der Waals surface area contributed by atoms with Gasteiger partial charge in [-0.15, -0.1) is 11.3 Å². The third-order valence-electron chi connectivity index (χ3n) is 3.45. The van der Waals surface area contributed by atoms with E-state index in [9.17, 15) is 0 Å². The predicted octanol–water partition coefficient (Wildman–Crippen LogP) is 3.39. The van der Waals surface area contributed by atoms with Gasteiger partial charge >= 0.3 is 0 Å². The minimum absolute atomic E-state index is 0.0301. The number of hydrogen-bond acceptors (Lipinski definition) is 4. The van der Waals surface area contributed by atoms with Crippen LogP contribution >= 0.6 is 11.3 Å². The van der Waals surface area contributed by atoms with Crippen molar-refractivity contribution < 1.29 is 0 Å². The molecule has 2 heterocycles. The highest BCUT2D eigenvalue weighted by molar-refractivity contribution is 7.19. The van der Waals surface area contributed by atoms with E-state index in [1.54, 1.807) is 17.7 Å². The van der Waals surface area contributed by atoms with E-state index in [-0.39, 0.29) is 6.04 Å². The van der Waals surface area contributed by atoms with E-state index in [0.29, 0.717) is 5.92 Å². The molecule has 0 saturated heterocycles. The van der Waals surface area contributed by atoms with E-state index < -0.39 is 0 Å². The first-order chi connectivity index (χ1) is 10.1. The van der Waals surface area contributed by atoms with Gasteiger partial charge in [0, 0.05) is 28.6 Å². The van der Waals surface area contributed by atoms with E-state index in [1.165, 1.54) is 15.0 Å². The number of aromatic nitrogens is 3. The molecule has 3 rings (SSSR count). The smallest absolute Gasteiger partial charge is 0.138 e. The Labute approximate surface area is 128 Å². The predicted molar refractivity (Wildman–Crippen MR) is 87.3 cm³/mol. The summed E-state index contributed by atoms with van der Waals surface area (Å²) < 4.78 is 3.25. The zero-order valence-corrected chi connectivity index (χ0v) is 13.2. The molecular formula is C16H20N4S. The van der Waals surface area contributed by atoms with Crippen molar-refractivity contribution in [1.82, 2.24) is 14.8 Å². The normalized spacial score (nSPS) is 13.1. The van der Waals surface area contributed by atoms with Crippen molar-refractivity contribution in [3.05, 3.63) is 47.4 Å². The molecule has 0 aliphatic rings. The Morgan fingerprint density at radius 3 is 2.86 bits per heavy atom. The van der Waals surface area contributed by atoms with Crippen LogP contribution in [0, 0.1) is 5.92 Å². The molecule has 1 aromatic carbocycles. The van der Waals surface area contributed by atoms with Crippen molar-refractivity contribution in [3.8, 4) is 0 Å². The summed E-state index contributed by atoms with van der Waals surface area (Å²) in [6.07, 6.45) is 2.34. The lowest BCUT2D eigenvalue weighted by molar-refractivity contribution is 0.460. The minimum Gasteiger partial charge on any atom is -0.323 e. The van der Waals surface area contributed by atoms with Gasteiger partial charge in [0.1, 0.15) is 12.2 Å². The van der Waals surface area contributed by atoms with Crippen LogP contribution < -0.4 is 5.73 Å². The molecule has 3 aromatic rings. The topological polar surface area (TPSA) is 56.7 Å². The molecule has 2 N–H and O–H groups in total. The molecule has 0 bridgehead atoms. The van der Waals surface area contributed by atoms with Crippen LogP contribution in [-0.4, -0.2) is 14.8 Å². The molecule has 110 valence electrons. The quantitative estimate of drug-likeness (QED) is 0.785. The van der Waals surface area contributed by atoms with Crippen molar-refractivity contribution >= 4 is 21.4 Å². The van der Waals surface area contributed by atoms with Gasteiger partial charge in [-0.2, -0.15) is 5.10 Å². The Hall–Kier alpha value is -1.72. The lowest BCUT2D eigenvalue weighted by Crippen LogP contribution is -2.17. The monoisotopic (exact) mass is 300 g/mol. The molecule has 0 amide bonds. The molecule has 0 fully saturated rings. The van der Waals surface area contributed by atoms with Crippen LogP contribution in [-0.2, 0) is 13.0 Å². The number of nitrogens with zero attached hydrogens (tertiary/aromatic N) is 3. The summed E-state index contributed by atoms with van der Waals surface area (Å²) in [7, 11) is 0. The van der Waals surface area contributed by atoms with Crippen molar-refractivity contribution in [2.24, 2.45) is 11.7 Å². The lowest BCUT2D eigenvalue weighted by atomic mass is 10.1. The highest BCUT2D eigenvalue weighted by Gasteiger charge is 2.15. The van der Waals surface area contributed by atoms with Gasteiger partial charge < -0.3 is 5.73 Å². The van der Waals surface area contributed by atoms with Crippen LogP contribution in [0.2, 0.25) is 0 Å². The van der Waals surface area contributed by atoms with Gasteiger partial charge in [0.2, 0.25) is 0 Å². The number of rotatable bonds is 5. The van der Waals surface area contributed by atoms with Crippen molar-refractivity contribution in [1.29, 1.82) is 0 Å². The van der Waals surface area contributed by atoms with Crippen LogP contribution in [0.5, 0.6) is 0 Å². The fourth-order valence-electron chi connectivity index (χ4n) is 2.43. The Bertz CT molecular complexity index is 696.